The molecule has 6 heteroatoms. The zero-order valence-electron chi connectivity index (χ0n) is 11.7. The van der Waals surface area contributed by atoms with E-state index in [1.807, 2.05) is 6.92 Å². The van der Waals surface area contributed by atoms with Crippen LogP contribution in [0.4, 0.5) is 5.69 Å². The lowest BCUT2D eigenvalue weighted by atomic mass is 10.2. The normalized spacial score (nSPS) is 17.9. The van der Waals surface area contributed by atoms with Gasteiger partial charge in [0.05, 0.1) is 11.8 Å². The molecule has 5 nitrogen and oxygen atoms in total. The second kappa shape index (κ2) is 7.40. The summed E-state index contributed by atoms with van der Waals surface area (Å²) in [7, 11) is 0. The summed E-state index contributed by atoms with van der Waals surface area (Å²) >= 11 is 5.25. The van der Waals surface area contributed by atoms with Crippen LogP contribution in [0.2, 0.25) is 0 Å². The maximum atomic E-state index is 11.6. The maximum Gasteiger partial charge on any atom is 0.250 e. The first-order chi connectivity index (χ1) is 9.69. The Balaban J connectivity index is 1.86. The number of nitrogens with one attached hydrogen (secondary N) is 2. The fourth-order valence-electron chi connectivity index (χ4n) is 2.21. The number of hydrogen-bond donors (Lipinski definition) is 2. The summed E-state index contributed by atoms with van der Waals surface area (Å²) in [4.78, 5) is 11.6. The van der Waals surface area contributed by atoms with Crippen LogP contribution in [-0.4, -0.2) is 28.9 Å². The maximum absolute atomic E-state index is 11.6. The first-order valence-electron chi connectivity index (χ1n) is 7.06. The van der Waals surface area contributed by atoms with E-state index < -0.39 is 0 Å². The van der Waals surface area contributed by atoms with Crippen LogP contribution in [0.3, 0.4) is 0 Å². The van der Waals surface area contributed by atoms with Crippen molar-refractivity contribution < 1.29 is 4.74 Å². The summed E-state index contributed by atoms with van der Waals surface area (Å²) < 4.78 is 7.21. The second-order valence-corrected chi connectivity index (χ2v) is 5.33. The van der Waals surface area contributed by atoms with Gasteiger partial charge < -0.3 is 19.9 Å². The van der Waals surface area contributed by atoms with Gasteiger partial charge in [0.15, 0.2) is 5.11 Å². The first kappa shape index (κ1) is 15.0. The molecule has 2 heterocycles. The molecule has 0 saturated carbocycles. The molecule has 110 valence electrons. The van der Waals surface area contributed by atoms with Gasteiger partial charge in [-0.3, -0.25) is 4.79 Å². The summed E-state index contributed by atoms with van der Waals surface area (Å²) in [5.74, 6) is 0. The lowest BCUT2D eigenvalue weighted by molar-refractivity contribution is 0.114. The number of ether oxygens (including phenoxy) is 1. The Kier molecular flexibility index (Phi) is 5.55. The minimum Gasteiger partial charge on any atom is -0.376 e. The van der Waals surface area contributed by atoms with Crippen molar-refractivity contribution in [2.45, 2.75) is 38.8 Å². The van der Waals surface area contributed by atoms with Crippen LogP contribution < -0.4 is 16.2 Å². The Morgan fingerprint density at radius 2 is 2.40 bits per heavy atom. The smallest absolute Gasteiger partial charge is 0.250 e. The summed E-state index contributed by atoms with van der Waals surface area (Å²) in [6, 6.07) is 3.30. The second-order valence-electron chi connectivity index (χ2n) is 4.92. The Labute approximate surface area is 124 Å². The molecular weight excluding hydrogens is 274 g/mol. The minimum atomic E-state index is 0.00985. The molecule has 0 aromatic carbocycles. The lowest BCUT2D eigenvalue weighted by Crippen LogP contribution is -2.35. The third-order valence-corrected chi connectivity index (χ3v) is 3.47. The summed E-state index contributed by atoms with van der Waals surface area (Å²) in [5, 5.41) is 6.80. The predicted molar refractivity (Wildman–Crippen MR) is 84.2 cm³/mol. The third kappa shape index (κ3) is 4.31. The first-order valence-corrected chi connectivity index (χ1v) is 7.47. The van der Waals surface area contributed by atoms with Gasteiger partial charge in [-0.2, -0.15) is 0 Å². The van der Waals surface area contributed by atoms with Gasteiger partial charge in [0.1, 0.15) is 0 Å². The van der Waals surface area contributed by atoms with Crippen LogP contribution in [-0.2, 0) is 11.3 Å². The number of pyridine rings is 1. The van der Waals surface area contributed by atoms with Crippen molar-refractivity contribution in [2.75, 3.05) is 18.5 Å². The largest absolute Gasteiger partial charge is 0.376 e. The van der Waals surface area contributed by atoms with Gasteiger partial charge in [-0.1, -0.05) is 6.92 Å². The SMILES string of the molecule is CCCn1cc(NC(=S)NC[C@@H]2CCCO2)ccc1=O. The molecule has 0 radical (unpaired) electrons. The van der Waals surface area contributed by atoms with Crippen molar-refractivity contribution in [3.05, 3.63) is 28.7 Å². The highest BCUT2D eigenvalue weighted by atomic mass is 32.1. The number of aromatic nitrogens is 1. The van der Waals surface area contributed by atoms with Gasteiger partial charge in [-0.15, -0.1) is 0 Å². The number of thiocarbonyl (C=S) groups is 1. The van der Waals surface area contributed by atoms with Crippen molar-refractivity contribution in [1.29, 1.82) is 0 Å². The predicted octanol–water partition coefficient (Wildman–Crippen LogP) is 1.72. The molecule has 1 atom stereocenters. The van der Waals surface area contributed by atoms with E-state index in [2.05, 4.69) is 10.6 Å². The van der Waals surface area contributed by atoms with Crippen LogP contribution in [0.15, 0.2) is 23.1 Å². The molecule has 0 unspecified atom stereocenters. The fraction of sp³-hybridized carbons (Fsp3) is 0.571. The molecule has 1 aromatic rings. The van der Waals surface area contributed by atoms with E-state index in [0.717, 1.165) is 38.1 Å². The van der Waals surface area contributed by atoms with Crippen LogP contribution in [0, 0.1) is 0 Å². The van der Waals surface area contributed by atoms with Crippen molar-refractivity contribution in [2.24, 2.45) is 0 Å². The molecule has 1 aliphatic rings. The van der Waals surface area contributed by atoms with Gasteiger partial charge >= 0.3 is 0 Å². The Bertz CT molecular complexity index is 509. The van der Waals surface area contributed by atoms with Gasteiger partial charge in [-0.25, -0.2) is 0 Å². The minimum absolute atomic E-state index is 0.00985. The summed E-state index contributed by atoms with van der Waals surface area (Å²) in [5.41, 5.74) is 0.832. The molecule has 2 N–H and O–H groups in total. The van der Waals surface area contributed by atoms with Crippen molar-refractivity contribution in [3.63, 3.8) is 0 Å². The zero-order valence-corrected chi connectivity index (χ0v) is 12.5. The number of anilines is 1. The van der Waals surface area contributed by atoms with E-state index in [1.54, 1.807) is 22.9 Å². The number of aryl methyl sites for hydroxylation is 1. The number of rotatable bonds is 5. The molecule has 1 fully saturated rings. The van der Waals surface area contributed by atoms with Crippen LogP contribution >= 0.6 is 12.2 Å². The third-order valence-electron chi connectivity index (χ3n) is 3.22. The van der Waals surface area contributed by atoms with Crippen LogP contribution in [0.5, 0.6) is 0 Å². The van der Waals surface area contributed by atoms with Crippen molar-refractivity contribution in [1.82, 2.24) is 9.88 Å². The van der Waals surface area contributed by atoms with Crippen molar-refractivity contribution >= 4 is 23.0 Å². The van der Waals surface area contributed by atoms with E-state index in [4.69, 9.17) is 17.0 Å². The molecule has 1 saturated heterocycles. The van der Waals surface area contributed by atoms with Crippen molar-refractivity contribution in [3.8, 4) is 0 Å². The topological polar surface area (TPSA) is 55.3 Å². The molecule has 0 spiro atoms. The van der Waals surface area contributed by atoms with E-state index in [1.165, 1.54) is 0 Å². The Hall–Kier alpha value is -1.40. The van der Waals surface area contributed by atoms with E-state index in [-0.39, 0.29) is 11.7 Å². The summed E-state index contributed by atoms with van der Waals surface area (Å²) in [6.45, 7) is 4.32. The molecule has 2 rings (SSSR count). The highest BCUT2D eigenvalue weighted by molar-refractivity contribution is 7.80. The van der Waals surface area contributed by atoms with Crippen LogP contribution in [0.1, 0.15) is 26.2 Å². The quantitative estimate of drug-likeness (QED) is 0.810. The number of nitrogens with zero attached hydrogens (tertiary/aromatic N) is 1. The molecule has 0 aliphatic carbocycles. The molecule has 0 bridgehead atoms. The lowest BCUT2D eigenvalue weighted by Gasteiger charge is -2.14. The van der Waals surface area contributed by atoms with Gasteiger partial charge in [0.25, 0.3) is 5.56 Å². The Morgan fingerprint density at radius 1 is 1.55 bits per heavy atom. The van der Waals surface area contributed by atoms with Crippen LogP contribution in [0.25, 0.3) is 0 Å². The van der Waals surface area contributed by atoms with Gasteiger partial charge in [-0.05, 0) is 37.5 Å². The van der Waals surface area contributed by atoms with E-state index >= 15 is 0 Å². The highest BCUT2D eigenvalue weighted by Crippen LogP contribution is 2.10. The summed E-state index contributed by atoms with van der Waals surface area (Å²) in [6.07, 6.45) is 5.17. The number of hydrogen-bond acceptors (Lipinski definition) is 3. The highest BCUT2D eigenvalue weighted by Gasteiger charge is 2.15. The monoisotopic (exact) mass is 295 g/mol. The van der Waals surface area contributed by atoms with E-state index in [9.17, 15) is 4.79 Å². The molecule has 1 aromatic heterocycles. The molecular formula is C14H21N3O2S. The average molecular weight is 295 g/mol. The zero-order chi connectivity index (χ0) is 14.4. The fourth-order valence-corrected chi connectivity index (χ4v) is 2.41. The standard InChI is InChI=1S/C14H21N3O2S/c1-2-7-17-10-11(5-6-13(17)18)16-14(20)15-9-12-4-3-8-19-12/h5-6,10,12H,2-4,7-9H2,1H3,(H2,15,16,20)/t12-/m0/s1. The van der Waals surface area contributed by atoms with Gasteiger partial charge in [0.2, 0.25) is 0 Å². The molecule has 1 aliphatic heterocycles. The van der Waals surface area contributed by atoms with Gasteiger partial charge in [0, 0.05) is 32.0 Å². The molecule has 20 heavy (non-hydrogen) atoms. The van der Waals surface area contributed by atoms with E-state index in [0.29, 0.717) is 11.7 Å². The molecule has 0 amide bonds. The average Bonchev–Trinajstić information content (AvgIpc) is 2.94. The Morgan fingerprint density at radius 3 is 3.10 bits per heavy atom.